The number of anilines is 2. The molecule has 0 aliphatic carbocycles. The Morgan fingerprint density at radius 1 is 1.12 bits per heavy atom. The number of urea groups is 1. The molecule has 4 rings (SSSR count). The monoisotopic (exact) mass is 482 g/mol. The number of piperidine rings is 1. The van der Waals surface area contributed by atoms with E-state index in [0.29, 0.717) is 24.8 Å². The van der Waals surface area contributed by atoms with E-state index in [1.807, 2.05) is 37.4 Å². The Bertz CT molecular complexity index is 1130. The van der Waals surface area contributed by atoms with Gasteiger partial charge in [-0.1, -0.05) is 24.3 Å². The minimum Gasteiger partial charge on any atom is -0.465 e. The van der Waals surface area contributed by atoms with Gasteiger partial charge in [0, 0.05) is 17.8 Å². The second-order valence-corrected chi connectivity index (χ2v) is 9.12. The number of aromatic nitrogens is 1. The summed E-state index contributed by atoms with van der Waals surface area (Å²) in [7, 11) is 0. The van der Waals surface area contributed by atoms with Crippen molar-refractivity contribution < 1.29 is 18.7 Å². The number of ether oxygens (including phenoxy) is 1. The van der Waals surface area contributed by atoms with Crippen molar-refractivity contribution in [2.75, 3.05) is 36.9 Å². The Morgan fingerprint density at radius 3 is 2.56 bits per heavy atom. The van der Waals surface area contributed by atoms with Crippen molar-refractivity contribution >= 4 is 34.7 Å². The lowest BCUT2D eigenvalue weighted by molar-refractivity contribution is -0.144. The molecule has 178 valence electrons. The van der Waals surface area contributed by atoms with Crippen LogP contribution in [0.25, 0.3) is 10.4 Å². The van der Waals surface area contributed by atoms with Crippen molar-refractivity contribution in [3.63, 3.8) is 0 Å². The Kier molecular flexibility index (Phi) is 7.87. The number of nitrogens with one attached hydrogen (secondary N) is 2. The Labute approximate surface area is 202 Å². The highest BCUT2D eigenvalue weighted by molar-refractivity contribution is 7.15. The zero-order valence-corrected chi connectivity index (χ0v) is 19.7. The molecule has 2 heterocycles. The maximum absolute atomic E-state index is 13.7. The first-order chi connectivity index (χ1) is 16.5. The van der Waals surface area contributed by atoms with E-state index in [1.165, 1.54) is 12.1 Å². The van der Waals surface area contributed by atoms with Gasteiger partial charge in [-0.15, -0.1) is 11.3 Å². The first-order valence-corrected chi connectivity index (χ1v) is 12.1. The molecule has 0 radical (unpaired) electrons. The molecule has 0 saturated carbocycles. The van der Waals surface area contributed by atoms with E-state index in [9.17, 15) is 14.0 Å². The standard InChI is InChI=1S/C25H27FN4O3S/c1-2-33-23(31)16-30-13-11-18(12-14-30)24-27-15-22(34-24)17-7-9-19(10-8-17)28-25(32)29-21-6-4-3-5-20(21)26/h3-10,15,18H,2,11-14,16H2,1H3,(H2,28,29,32). The molecule has 3 aromatic rings. The predicted molar refractivity (Wildman–Crippen MR) is 132 cm³/mol. The van der Waals surface area contributed by atoms with Crippen molar-refractivity contribution in [3.8, 4) is 10.4 Å². The first-order valence-electron chi connectivity index (χ1n) is 11.3. The number of nitrogens with zero attached hydrogens (tertiary/aromatic N) is 2. The van der Waals surface area contributed by atoms with Crippen molar-refractivity contribution in [2.24, 2.45) is 0 Å². The van der Waals surface area contributed by atoms with Crippen molar-refractivity contribution in [1.82, 2.24) is 9.88 Å². The summed E-state index contributed by atoms with van der Waals surface area (Å²) in [4.78, 5) is 31.7. The van der Waals surface area contributed by atoms with E-state index >= 15 is 0 Å². The molecular weight excluding hydrogens is 455 g/mol. The predicted octanol–water partition coefficient (Wildman–Crippen LogP) is 5.34. The summed E-state index contributed by atoms with van der Waals surface area (Å²) in [6.45, 7) is 4.29. The van der Waals surface area contributed by atoms with Crippen LogP contribution < -0.4 is 10.6 Å². The van der Waals surface area contributed by atoms with Gasteiger partial charge in [0.05, 0.1) is 28.7 Å². The zero-order chi connectivity index (χ0) is 23.9. The number of hydrogen-bond acceptors (Lipinski definition) is 6. The lowest BCUT2D eigenvalue weighted by Crippen LogP contribution is -2.37. The fraction of sp³-hybridized carbons (Fsp3) is 0.320. The molecule has 1 saturated heterocycles. The third-order valence-corrected chi connectivity index (χ3v) is 6.88. The highest BCUT2D eigenvalue weighted by atomic mass is 32.1. The number of esters is 1. The second kappa shape index (κ2) is 11.2. The van der Waals surface area contributed by atoms with Gasteiger partial charge in [0.1, 0.15) is 5.82 Å². The van der Waals surface area contributed by atoms with E-state index in [-0.39, 0.29) is 11.7 Å². The minimum absolute atomic E-state index is 0.125. The average molecular weight is 483 g/mol. The molecule has 1 aliphatic heterocycles. The number of hydrogen-bond donors (Lipinski definition) is 2. The largest absolute Gasteiger partial charge is 0.465 e. The van der Waals surface area contributed by atoms with Gasteiger partial charge < -0.3 is 15.4 Å². The smallest absolute Gasteiger partial charge is 0.323 e. The van der Waals surface area contributed by atoms with Gasteiger partial charge in [0.2, 0.25) is 0 Å². The van der Waals surface area contributed by atoms with Crippen LogP contribution in [-0.4, -0.2) is 48.1 Å². The van der Waals surface area contributed by atoms with Crippen molar-refractivity contribution in [3.05, 3.63) is 65.6 Å². The number of thiazole rings is 1. The topological polar surface area (TPSA) is 83.6 Å². The molecule has 7 nitrogen and oxygen atoms in total. The lowest BCUT2D eigenvalue weighted by atomic mass is 9.97. The molecule has 2 aromatic carbocycles. The maximum Gasteiger partial charge on any atom is 0.323 e. The molecule has 2 amide bonds. The van der Waals surface area contributed by atoms with E-state index in [4.69, 9.17) is 4.74 Å². The van der Waals surface area contributed by atoms with Crippen LogP contribution in [0.4, 0.5) is 20.6 Å². The Morgan fingerprint density at radius 2 is 1.85 bits per heavy atom. The Balaban J connectivity index is 1.30. The van der Waals surface area contributed by atoms with Gasteiger partial charge in [0.15, 0.2) is 0 Å². The number of amides is 2. The Hall–Kier alpha value is -3.30. The highest BCUT2D eigenvalue weighted by Crippen LogP contribution is 2.35. The summed E-state index contributed by atoms with van der Waals surface area (Å²) < 4.78 is 18.7. The molecule has 0 atom stereocenters. The van der Waals surface area contributed by atoms with Crippen molar-refractivity contribution in [1.29, 1.82) is 0 Å². The molecule has 34 heavy (non-hydrogen) atoms. The molecule has 2 N–H and O–H groups in total. The van der Waals surface area contributed by atoms with Crippen LogP contribution in [0, 0.1) is 5.82 Å². The fourth-order valence-electron chi connectivity index (χ4n) is 3.90. The van der Waals surface area contributed by atoms with Gasteiger partial charge >= 0.3 is 12.0 Å². The molecule has 9 heteroatoms. The summed E-state index contributed by atoms with van der Waals surface area (Å²) in [5, 5.41) is 6.32. The number of benzene rings is 2. The van der Waals surface area contributed by atoms with Gasteiger partial charge in [-0.05, 0) is 62.7 Å². The van der Waals surface area contributed by atoms with E-state index in [2.05, 4.69) is 20.5 Å². The second-order valence-electron chi connectivity index (χ2n) is 8.05. The fourth-order valence-corrected chi connectivity index (χ4v) is 4.99. The van der Waals surface area contributed by atoms with Crippen LogP contribution in [0.15, 0.2) is 54.7 Å². The number of para-hydroxylation sites is 1. The van der Waals surface area contributed by atoms with Crippen LogP contribution in [-0.2, 0) is 9.53 Å². The first kappa shape index (κ1) is 23.8. The van der Waals surface area contributed by atoms with Gasteiger partial charge in [-0.2, -0.15) is 0 Å². The number of rotatable bonds is 7. The van der Waals surface area contributed by atoms with Crippen LogP contribution in [0.3, 0.4) is 0 Å². The molecule has 1 aromatic heterocycles. The van der Waals surface area contributed by atoms with Gasteiger partial charge in [-0.3, -0.25) is 9.69 Å². The quantitative estimate of drug-likeness (QED) is 0.445. The molecule has 0 spiro atoms. The van der Waals surface area contributed by atoms with E-state index in [0.717, 1.165) is 41.4 Å². The van der Waals surface area contributed by atoms with Crippen LogP contribution >= 0.6 is 11.3 Å². The number of likely N-dealkylation sites (tertiary alicyclic amines) is 1. The third-order valence-electron chi connectivity index (χ3n) is 5.67. The number of carbonyl (C=O) groups excluding carboxylic acids is 2. The van der Waals surface area contributed by atoms with Crippen molar-refractivity contribution in [2.45, 2.75) is 25.7 Å². The summed E-state index contributed by atoms with van der Waals surface area (Å²) in [5.74, 6) is -0.265. The normalized spacial score (nSPS) is 14.5. The molecule has 0 unspecified atom stereocenters. The summed E-state index contributed by atoms with van der Waals surface area (Å²) in [5.41, 5.74) is 1.75. The van der Waals surface area contributed by atoms with Gasteiger partial charge in [0.25, 0.3) is 0 Å². The van der Waals surface area contributed by atoms with Gasteiger partial charge in [-0.25, -0.2) is 14.2 Å². The van der Waals surface area contributed by atoms with Crippen LogP contribution in [0.1, 0.15) is 30.7 Å². The van der Waals surface area contributed by atoms with Crippen LogP contribution in [0.5, 0.6) is 0 Å². The maximum atomic E-state index is 13.7. The average Bonchev–Trinajstić information content (AvgIpc) is 3.32. The lowest BCUT2D eigenvalue weighted by Gasteiger charge is -2.30. The van der Waals surface area contributed by atoms with E-state index in [1.54, 1.807) is 23.5 Å². The number of halogens is 1. The molecule has 0 bridgehead atoms. The number of carbonyl (C=O) groups is 2. The SMILES string of the molecule is CCOC(=O)CN1CCC(c2ncc(-c3ccc(NC(=O)Nc4ccccc4F)cc3)s2)CC1. The molecule has 1 fully saturated rings. The summed E-state index contributed by atoms with van der Waals surface area (Å²) >= 11 is 1.68. The van der Waals surface area contributed by atoms with Crippen LogP contribution in [0.2, 0.25) is 0 Å². The summed E-state index contributed by atoms with van der Waals surface area (Å²) in [6, 6.07) is 13.0. The highest BCUT2D eigenvalue weighted by Gasteiger charge is 2.24. The zero-order valence-electron chi connectivity index (χ0n) is 18.9. The summed E-state index contributed by atoms with van der Waals surface area (Å²) in [6.07, 6.45) is 3.82. The van der Waals surface area contributed by atoms with E-state index < -0.39 is 11.8 Å². The minimum atomic E-state index is -0.507. The molecule has 1 aliphatic rings. The third kappa shape index (κ3) is 6.18. The molecular formula is C25H27FN4O3S.